The Bertz CT molecular complexity index is 358. The Kier molecular flexibility index (Phi) is 4.52. The topological polar surface area (TPSA) is 35.5 Å². The highest BCUT2D eigenvalue weighted by Gasteiger charge is 2.16. The fourth-order valence-corrected chi connectivity index (χ4v) is 2.90. The zero-order chi connectivity index (χ0) is 11.4. The maximum atomic E-state index is 11.7. The van der Waals surface area contributed by atoms with Gasteiger partial charge in [-0.1, -0.05) is 0 Å². The van der Waals surface area contributed by atoms with Gasteiger partial charge in [0.05, 0.1) is 21.4 Å². The molecule has 3 nitrogen and oxygen atoms in total. The summed E-state index contributed by atoms with van der Waals surface area (Å²) < 4.78 is 11.7. The normalized spacial score (nSPS) is 20.2. The molecule has 0 radical (unpaired) electrons. The van der Waals surface area contributed by atoms with Crippen LogP contribution in [0.2, 0.25) is 0 Å². The van der Waals surface area contributed by atoms with Crippen molar-refractivity contribution in [3.8, 4) is 0 Å². The van der Waals surface area contributed by atoms with Crippen LogP contribution in [0.4, 0.5) is 0 Å². The number of hydrogen-bond donors (Lipinski definition) is 0. The van der Waals surface area contributed by atoms with Crippen LogP contribution >= 0.6 is 27.3 Å². The first-order valence-corrected chi connectivity index (χ1v) is 6.84. The second-order valence-electron chi connectivity index (χ2n) is 3.68. The van der Waals surface area contributed by atoms with Crippen LogP contribution in [0, 0.1) is 0 Å². The van der Waals surface area contributed by atoms with Gasteiger partial charge in [-0.25, -0.2) is 0 Å². The van der Waals surface area contributed by atoms with Crippen LogP contribution < -0.4 is 0 Å². The van der Waals surface area contributed by atoms with Crippen molar-refractivity contribution in [2.24, 2.45) is 0 Å². The molecule has 88 valence electrons. The van der Waals surface area contributed by atoms with Gasteiger partial charge in [0.25, 0.3) is 0 Å². The smallest absolute Gasteiger partial charge is 0.198 e. The lowest BCUT2D eigenvalue weighted by Gasteiger charge is -2.08. The summed E-state index contributed by atoms with van der Waals surface area (Å²) in [4.78, 5) is 12.4. The Hall–Kier alpha value is -0.230. The molecule has 1 aliphatic rings. The van der Waals surface area contributed by atoms with Crippen molar-refractivity contribution in [3.05, 3.63) is 20.8 Å². The van der Waals surface area contributed by atoms with Crippen molar-refractivity contribution in [2.45, 2.75) is 18.9 Å². The quantitative estimate of drug-likeness (QED) is 0.785. The van der Waals surface area contributed by atoms with E-state index in [0.717, 1.165) is 28.1 Å². The minimum Gasteiger partial charge on any atom is -0.376 e. The van der Waals surface area contributed by atoms with Crippen molar-refractivity contribution in [1.29, 1.82) is 0 Å². The second kappa shape index (κ2) is 5.91. The zero-order valence-corrected chi connectivity index (χ0v) is 11.2. The summed E-state index contributed by atoms with van der Waals surface area (Å²) in [5.41, 5.74) is 0. The number of carbonyl (C=O) groups is 1. The molecular weight excluding hydrogens is 292 g/mol. The predicted molar refractivity (Wildman–Crippen MR) is 66.1 cm³/mol. The summed E-state index contributed by atoms with van der Waals surface area (Å²) in [6.45, 7) is 1.49. The average Bonchev–Trinajstić information content (AvgIpc) is 2.89. The molecule has 1 aromatic rings. The molecule has 5 heteroatoms. The van der Waals surface area contributed by atoms with Crippen LogP contribution in [0.1, 0.15) is 22.5 Å². The Morgan fingerprint density at radius 1 is 1.62 bits per heavy atom. The van der Waals surface area contributed by atoms with Crippen molar-refractivity contribution in [2.75, 3.05) is 19.8 Å². The minimum absolute atomic E-state index is 0.0358. The van der Waals surface area contributed by atoms with Crippen LogP contribution in [0.15, 0.2) is 15.9 Å². The van der Waals surface area contributed by atoms with E-state index in [9.17, 15) is 4.79 Å². The lowest BCUT2D eigenvalue weighted by molar-refractivity contribution is 0.0191. The molecular formula is C11H13BrO3S. The van der Waals surface area contributed by atoms with Crippen LogP contribution in [-0.2, 0) is 9.47 Å². The molecule has 0 N–H and O–H groups in total. The van der Waals surface area contributed by atoms with E-state index < -0.39 is 0 Å². The molecule has 1 aliphatic heterocycles. The fourth-order valence-electron chi connectivity index (χ4n) is 1.59. The van der Waals surface area contributed by atoms with Gasteiger partial charge in [0.1, 0.15) is 6.61 Å². The predicted octanol–water partition coefficient (Wildman–Crippen LogP) is 2.89. The van der Waals surface area contributed by atoms with Gasteiger partial charge in [0.2, 0.25) is 0 Å². The number of hydrogen-bond acceptors (Lipinski definition) is 4. The SMILES string of the molecule is O=C(COCC1CCCO1)c1ccc(Br)s1. The third-order valence-corrected chi connectivity index (χ3v) is 4.07. The Morgan fingerprint density at radius 2 is 2.50 bits per heavy atom. The third kappa shape index (κ3) is 3.38. The molecule has 1 fully saturated rings. The lowest BCUT2D eigenvalue weighted by Crippen LogP contribution is -2.17. The van der Waals surface area contributed by atoms with Crippen molar-refractivity contribution >= 4 is 33.0 Å². The molecule has 0 aromatic carbocycles. The molecule has 2 heterocycles. The van der Waals surface area contributed by atoms with Crippen LogP contribution in [0.3, 0.4) is 0 Å². The van der Waals surface area contributed by atoms with Gasteiger partial charge < -0.3 is 9.47 Å². The number of ether oxygens (including phenoxy) is 2. The molecule has 0 amide bonds. The molecule has 0 bridgehead atoms. The van der Waals surface area contributed by atoms with Crippen molar-refractivity contribution in [1.82, 2.24) is 0 Å². The summed E-state index contributed by atoms with van der Waals surface area (Å²) in [5.74, 6) is 0.0358. The molecule has 1 unspecified atom stereocenters. The lowest BCUT2D eigenvalue weighted by atomic mass is 10.2. The number of ketones is 1. The molecule has 1 atom stereocenters. The molecule has 0 saturated carbocycles. The van der Waals surface area contributed by atoms with Gasteiger partial charge >= 0.3 is 0 Å². The second-order valence-corrected chi connectivity index (χ2v) is 6.14. The van der Waals surface area contributed by atoms with Crippen LogP contribution in [-0.4, -0.2) is 31.7 Å². The summed E-state index contributed by atoms with van der Waals surface area (Å²) >= 11 is 4.76. The largest absolute Gasteiger partial charge is 0.376 e. The molecule has 0 spiro atoms. The standard InChI is InChI=1S/C11H13BrO3S/c12-11-4-3-10(16-11)9(13)7-14-6-8-2-1-5-15-8/h3-4,8H,1-2,5-7H2. The van der Waals surface area contributed by atoms with E-state index >= 15 is 0 Å². The van der Waals surface area contributed by atoms with E-state index in [1.807, 2.05) is 12.1 Å². The minimum atomic E-state index is 0.0358. The monoisotopic (exact) mass is 304 g/mol. The van der Waals surface area contributed by atoms with Gasteiger partial charge in [-0.3, -0.25) is 4.79 Å². The molecule has 2 rings (SSSR count). The van der Waals surface area contributed by atoms with Gasteiger partial charge in [-0.15, -0.1) is 11.3 Å². The van der Waals surface area contributed by atoms with Crippen LogP contribution in [0.5, 0.6) is 0 Å². The molecule has 1 saturated heterocycles. The molecule has 1 aromatic heterocycles. The van der Waals surface area contributed by atoms with E-state index in [4.69, 9.17) is 9.47 Å². The first kappa shape index (κ1) is 12.2. The fraction of sp³-hybridized carbons (Fsp3) is 0.545. The number of rotatable bonds is 5. The van der Waals surface area contributed by atoms with Crippen molar-refractivity contribution in [3.63, 3.8) is 0 Å². The number of carbonyl (C=O) groups excluding carboxylic acids is 1. The average molecular weight is 305 g/mol. The summed E-state index contributed by atoms with van der Waals surface area (Å²) in [7, 11) is 0. The summed E-state index contributed by atoms with van der Waals surface area (Å²) in [6.07, 6.45) is 2.32. The van der Waals surface area contributed by atoms with E-state index in [2.05, 4.69) is 15.9 Å². The highest BCUT2D eigenvalue weighted by Crippen LogP contribution is 2.22. The Morgan fingerprint density at radius 3 is 3.12 bits per heavy atom. The van der Waals surface area contributed by atoms with E-state index in [1.54, 1.807) is 0 Å². The van der Waals surface area contributed by atoms with Gasteiger partial charge in [0, 0.05) is 6.61 Å². The first-order valence-electron chi connectivity index (χ1n) is 5.23. The molecule has 0 aliphatic carbocycles. The first-order chi connectivity index (χ1) is 7.75. The number of Topliss-reactive ketones (excluding diaryl/α,β-unsaturated/α-hetero) is 1. The highest BCUT2D eigenvalue weighted by molar-refractivity contribution is 9.11. The molecule has 16 heavy (non-hydrogen) atoms. The van der Waals surface area contributed by atoms with Gasteiger partial charge in [0.15, 0.2) is 5.78 Å². The highest BCUT2D eigenvalue weighted by atomic mass is 79.9. The summed E-state index contributed by atoms with van der Waals surface area (Å²) in [6, 6.07) is 3.69. The number of thiophene rings is 1. The van der Waals surface area contributed by atoms with E-state index in [-0.39, 0.29) is 18.5 Å². The van der Waals surface area contributed by atoms with Gasteiger partial charge in [-0.05, 0) is 40.9 Å². The van der Waals surface area contributed by atoms with E-state index in [0.29, 0.717) is 6.61 Å². The van der Waals surface area contributed by atoms with Crippen LogP contribution in [0.25, 0.3) is 0 Å². The Balaban J connectivity index is 1.71. The Labute approximate surface area is 107 Å². The zero-order valence-electron chi connectivity index (χ0n) is 8.78. The third-order valence-electron chi connectivity index (χ3n) is 2.41. The van der Waals surface area contributed by atoms with E-state index in [1.165, 1.54) is 11.3 Å². The maximum absolute atomic E-state index is 11.7. The van der Waals surface area contributed by atoms with Gasteiger partial charge in [-0.2, -0.15) is 0 Å². The van der Waals surface area contributed by atoms with Crippen molar-refractivity contribution < 1.29 is 14.3 Å². The number of halogens is 1. The maximum Gasteiger partial charge on any atom is 0.198 e. The summed E-state index contributed by atoms with van der Waals surface area (Å²) in [5, 5.41) is 0.